The van der Waals surface area contributed by atoms with Gasteiger partial charge in [0.05, 0.1) is 5.69 Å². The van der Waals surface area contributed by atoms with E-state index < -0.39 is 0 Å². The van der Waals surface area contributed by atoms with Gasteiger partial charge in [0.1, 0.15) is 22.2 Å². The molecule has 3 aromatic rings. The first-order valence-electron chi connectivity index (χ1n) is 8.34. The maximum atomic E-state index is 12.6. The van der Waals surface area contributed by atoms with Crippen molar-refractivity contribution in [2.45, 2.75) is 20.5 Å². The van der Waals surface area contributed by atoms with Crippen molar-refractivity contribution in [2.24, 2.45) is 0 Å². The molecule has 2 N–H and O–H groups in total. The van der Waals surface area contributed by atoms with E-state index >= 15 is 0 Å². The number of aryl methyl sites for hydroxylation is 1. The zero-order valence-corrected chi connectivity index (χ0v) is 15.8. The molecule has 0 fully saturated rings. The molecule has 0 saturated carbocycles. The largest absolute Gasteiger partial charge is 0.486 e. The predicted molar refractivity (Wildman–Crippen MR) is 106 cm³/mol. The first-order valence-corrected chi connectivity index (χ1v) is 9.16. The van der Waals surface area contributed by atoms with E-state index in [9.17, 15) is 9.59 Å². The summed E-state index contributed by atoms with van der Waals surface area (Å²) in [6.07, 6.45) is 0. The van der Waals surface area contributed by atoms with Crippen LogP contribution in [0.5, 0.6) is 5.75 Å². The van der Waals surface area contributed by atoms with Crippen molar-refractivity contribution in [1.82, 2.24) is 4.98 Å². The smallest absolute Gasteiger partial charge is 0.267 e. The molecule has 2 aromatic carbocycles. The number of para-hydroxylation sites is 1. The second kappa shape index (κ2) is 8.46. The second-order valence-corrected chi connectivity index (χ2v) is 6.92. The summed E-state index contributed by atoms with van der Waals surface area (Å²) in [6.45, 7) is 3.54. The third-order valence-corrected chi connectivity index (χ3v) is 4.72. The number of aromatic nitrogens is 1. The highest BCUT2D eigenvalue weighted by Gasteiger charge is 2.16. The Bertz CT molecular complexity index is 954. The molecular weight excluding hydrogens is 362 g/mol. The highest BCUT2D eigenvalue weighted by molar-refractivity contribution is 7.13. The maximum absolute atomic E-state index is 12.6. The molecule has 1 heterocycles. The highest BCUT2D eigenvalue weighted by Crippen LogP contribution is 2.22. The fourth-order valence-electron chi connectivity index (χ4n) is 2.45. The Morgan fingerprint density at radius 3 is 2.44 bits per heavy atom. The Balaban J connectivity index is 1.66. The van der Waals surface area contributed by atoms with Crippen LogP contribution in [0.4, 0.5) is 11.4 Å². The minimum atomic E-state index is -0.240. The molecule has 7 heteroatoms. The molecule has 0 bridgehead atoms. The number of ether oxygens (including phenoxy) is 1. The molecule has 3 rings (SSSR count). The lowest BCUT2D eigenvalue weighted by Gasteiger charge is -2.07. The van der Waals surface area contributed by atoms with Crippen molar-refractivity contribution in [3.63, 3.8) is 0 Å². The number of anilines is 2. The number of hydrogen-bond donors (Lipinski definition) is 2. The number of carbonyl (C=O) groups excluding carboxylic acids is 2. The molecule has 2 amide bonds. The standard InChI is InChI=1S/C20H19N3O3S/c1-13-19(27-18(21-13)12-26-17-9-4-3-5-10-17)20(25)23-16-8-6-7-15(11-16)22-14(2)24/h3-11H,12H2,1-2H3,(H,22,24)(H,23,25). The topological polar surface area (TPSA) is 80.3 Å². The Morgan fingerprint density at radius 2 is 1.74 bits per heavy atom. The summed E-state index contributed by atoms with van der Waals surface area (Å²) in [5, 5.41) is 6.26. The second-order valence-electron chi connectivity index (χ2n) is 5.84. The average molecular weight is 381 g/mol. The van der Waals surface area contributed by atoms with Crippen molar-refractivity contribution < 1.29 is 14.3 Å². The van der Waals surface area contributed by atoms with Crippen LogP contribution in [0.15, 0.2) is 54.6 Å². The Hall–Kier alpha value is -3.19. The molecule has 0 aliphatic rings. The average Bonchev–Trinajstić information content (AvgIpc) is 3.01. The van der Waals surface area contributed by atoms with Gasteiger partial charge in [-0.05, 0) is 37.3 Å². The van der Waals surface area contributed by atoms with Crippen molar-refractivity contribution >= 4 is 34.5 Å². The van der Waals surface area contributed by atoms with Crippen LogP contribution in [0.3, 0.4) is 0 Å². The van der Waals surface area contributed by atoms with Gasteiger partial charge in [-0.1, -0.05) is 24.3 Å². The molecule has 0 atom stereocenters. The number of thiazole rings is 1. The van der Waals surface area contributed by atoms with Crippen LogP contribution in [0.1, 0.15) is 27.3 Å². The van der Waals surface area contributed by atoms with Gasteiger partial charge in [-0.3, -0.25) is 9.59 Å². The molecule has 1 aromatic heterocycles. The SMILES string of the molecule is CC(=O)Nc1cccc(NC(=O)c2sc(COc3ccccc3)nc2C)c1. The van der Waals surface area contributed by atoms with E-state index in [0.29, 0.717) is 28.6 Å². The van der Waals surface area contributed by atoms with E-state index in [2.05, 4.69) is 15.6 Å². The van der Waals surface area contributed by atoms with E-state index in [-0.39, 0.29) is 11.8 Å². The van der Waals surface area contributed by atoms with E-state index in [1.165, 1.54) is 18.3 Å². The minimum absolute atomic E-state index is 0.167. The van der Waals surface area contributed by atoms with Crippen LogP contribution in [-0.2, 0) is 11.4 Å². The summed E-state index contributed by atoms with van der Waals surface area (Å²) in [7, 11) is 0. The number of nitrogens with one attached hydrogen (secondary N) is 2. The molecule has 0 spiro atoms. The van der Waals surface area contributed by atoms with Gasteiger partial charge in [0, 0.05) is 18.3 Å². The van der Waals surface area contributed by atoms with E-state index in [4.69, 9.17) is 4.74 Å². The summed E-state index contributed by atoms with van der Waals surface area (Å²) in [5.74, 6) is 0.349. The molecule has 6 nitrogen and oxygen atoms in total. The van der Waals surface area contributed by atoms with Crippen LogP contribution in [0.25, 0.3) is 0 Å². The summed E-state index contributed by atoms with van der Waals surface area (Å²) in [6, 6.07) is 16.4. The van der Waals surface area contributed by atoms with E-state index in [0.717, 1.165) is 10.8 Å². The molecule has 0 unspecified atom stereocenters. The number of nitrogens with zero attached hydrogens (tertiary/aromatic N) is 1. The van der Waals surface area contributed by atoms with Crippen molar-refractivity contribution in [2.75, 3.05) is 10.6 Å². The number of amides is 2. The summed E-state index contributed by atoms with van der Waals surface area (Å²) >= 11 is 1.30. The van der Waals surface area contributed by atoms with E-state index in [1.807, 2.05) is 30.3 Å². The molecule has 0 radical (unpaired) electrons. The molecule has 27 heavy (non-hydrogen) atoms. The Labute approximate surface area is 161 Å². The molecule has 0 saturated heterocycles. The molecule has 0 aliphatic carbocycles. The summed E-state index contributed by atoms with van der Waals surface area (Å²) in [5.41, 5.74) is 1.88. The highest BCUT2D eigenvalue weighted by atomic mass is 32.1. The third-order valence-electron chi connectivity index (χ3n) is 3.59. The molecule has 138 valence electrons. The van der Waals surface area contributed by atoms with Crippen LogP contribution >= 0.6 is 11.3 Å². The molecular formula is C20H19N3O3S. The normalized spacial score (nSPS) is 10.3. The number of carbonyl (C=O) groups is 2. The van der Waals surface area contributed by atoms with Gasteiger partial charge >= 0.3 is 0 Å². The first kappa shape index (κ1) is 18.6. The first-order chi connectivity index (χ1) is 13.0. The van der Waals surface area contributed by atoms with Crippen LogP contribution in [-0.4, -0.2) is 16.8 Å². The van der Waals surface area contributed by atoms with Gasteiger partial charge in [-0.25, -0.2) is 4.98 Å². The molecule has 0 aliphatic heterocycles. The fourth-order valence-corrected chi connectivity index (χ4v) is 3.33. The Kier molecular flexibility index (Phi) is 5.83. The summed E-state index contributed by atoms with van der Waals surface area (Å²) in [4.78, 5) is 28.7. The number of hydrogen-bond acceptors (Lipinski definition) is 5. The summed E-state index contributed by atoms with van der Waals surface area (Å²) < 4.78 is 5.69. The monoisotopic (exact) mass is 381 g/mol. The van der Waals surface area contributed by atoms with Gasteiger partial charge in [-0.15, -0.1) is 11.3 Å². The third kappa shape index (κ3) is 5.15. The zero-order chi connectivity index (χ0) is 19.2. The van der Waals surface area contributed by atoms with Gasteiger partial charge in [0.2, 0.25) is 5.91 Å². The van der Waals surface area contributed by atoms with Crippen molar-refractivity contribution in [1.29, 1.82) is 0 Å². The minimum Gasteiger partial charge on any atom is -0.486 e. The van der Waals surface area contributed by atoms with Crippen molar-refractivity contribution in [3.8, 4) is 5.75 Å². The van der Waals surface area contributed by atoms with Crippen molar-refractivity contribution in [3.05, 3.63) is 70.2 Å². The lowest BCUT2D eigenvalue weighted by molar-refractivity contribution is -0.114. The van der Waals surface area contributed by atoms with Gasteiger partial charge in [0.25, 0.3) is 5.91 Å². The number of rotatable bonds is 6. The Morgan fingerprint density at radius 1 is 1.04 bits per heavy atom. The fraction of sp³-hybridized carbons (Fsp3) is 0.150. The lowest BCUT2D eigenvalue weighted by Crippen LogP contribution is -2.12. The van der Waals surface area contributed by atoms with Gasteiger partial charge in [0.15, 0.2) is 0 Å². The van der Waals surface area contributed by atoms with Crippen LogP contribution in [0, 0.1) is 6.92 Å². The number of benzene rings is 2. The van der Waals surface area contributed by atoms with E-state index in [1.54, 1.807) is 31.2 Å². The quantitative estimate of drug-likeness (QED) is 0.669. The van der Waals surface area contributed by atoms with Crippen LogP contribution < -0.4 is 15.4 Å². The van der Waals surface area contributed by atoms with Crippen LogP contribution in [0.2, 0.25) is 0 Å². The lowest BCUT2D eigenvalue weighted by atomic mass is 10.2. The van der Waals surface area contributed by atoms with Gasteiger partial charge < -0.3 is 15.4 Å². The van der Waals surface area contributed by atoms with Gasteiger partial charge in [-0.2, -0.15) is 0 Å². The maximum Gasteiger partial charge on any atom is 0.267 e. The predicted octanol–water partition coefficient (Wildman–Crippen LogP) is 4.24. The zero-order valence-electron chi connectivity index (χ0n) is 15.0.